The summed E-state index contributed by atoms with van der Waals surface area (Å²) >= 11 is 0. The van der Waals surface area contributed by atoms with Crippen LogP contribution in [0.3, 0.4) is 0 Å². The number of benzene rings is 2. The van der Waals surface area contributed by atoms with Crippen LogP contribution in [-0.4, -0.2) is 25.4 Å². The van der Waals surface area contributed by atoms with Crippen molar-refractivity contribution in [2.45, 2.75) is 12.8 Å². The SMILES string of the molecule is O=C(NCC1COc2ccccc2C1)c1ccc(OC(F)(F)F)cc1. The van der Waals surface area contributed by atoms with Gasteiger partial charge in [0.15, 0.2) is 0 Å². The van der Waals surface area contributed by atoms with E-state index >= 15 is 0 Å². The molecule has 1 unspecified atom stereocenters. The van der Waals surface area contributed by atoms with Crippen molar-refractivity contribution in [1.82, 2.24) is 5.32 Å². The van der Waals surface area contributed by atoms with E-state index in [1.807, 2.05) is 24.3 Å². The first-order valence-electron chi connectivity index (χ1n) is 7.75. The van der Waals surface area contributed by atoms with Crippen molar-refractivity contribution in [2.75, 3.05) is 13.2 Å². The van der Waals surface area contributed by atoms with Gasteiger partial charge in [0, 0.05) is 18.0 Å². The average molecular weight is 351 g/mol. The number of fused-ring (bicyclic) bond motifs is 1. The van der Waals surface area contributed by atoms with E-state index < -0.39 is 6.36 Å². The summed E-state index contributed by atoms with van der Waals surface area (Å²) in [4.78, 5) is 12.1. The third-order valence-corrected chi connectivity index (χ3v) is 3.86. The van der Waals surface area contributed by atoms with Crippen molar-refractivity contribution in [3.63, 3.8) is 0 Å². The van der Waals surface area contributed by atoms with E-state index in [-0.39, 0.29) is 23.1 Å². The van der Waals surface area contributed by atoms with Gasteiger partial charge in [0.25, 0.3) is 5.91 Å². The summed E-state index contributed by atoms with van der Waals surface area (Å²) in [5, 5.41) is 2.79. The van der Waals surface area contributed by atoms with E-state index in [0.29, 0.717) is 13.2 Å². The molecule has 1 heterocycles. The minimum absolute atomic E-state index is 0.145. The molecule has 0 aromatic heterocycles. The van der Waals surface area contributed by atoms with Gasteiger partial charge in [-0.15, -0.1) is 13.2 Å². The first kappa shape index (κ1) is 17.1. The predicted molar refractivity (Wildman–Crippen MR) is 84.6 cm³/mol. The van der Waals surface area contributed by atoms with Crippen LogP contribution in [0.1, 0.15) is 15.9 Å². The Morgan fingerprint density at radius 2 is 1.88 bits per heavy atom. The number of halogens is 3. The smallest absolute Gasteiger partial charge is 0.493 e. The zero-order valence-corrected chi connectivity index (χ0v) is 13.2. The van der Waals surface area contributed by atoms with Crippen molar-refractivity contribution >= 4 is 5.91 Å². The van der Waals surface area contributed by atoms with Gasteiger partial charge in [-0.2, -0.15) is 0 Å². The van der Waals surface area contributed by atoms with Gasteiger partial charge in [0.2, 0.25) is 0 Å². The molecule has 7 heteroatoms. The highest BCUT2D eigenvalue weighted by atomic mass is 19.4. The first-order chi connectivity index (χ1) is 11.9. The number of carbonyl (C=O) groups excluding carboxylic acids is 1. The van der Waals surface area contributed by atoms with Crippen LogP contribution in [0.15, 0.2) is 48.5 Å². The quantitative estimate of drug-likeness (QED) is 0.916. The Hall–Kier alpha value is -2.70. The third-order valence-electron chi connectivity index (χ3n) is 3.86. The number of rotatable bonds is 4. The van der Waals surface area contributed by atoms with Crippen LogP contribution < -0.4 is 14.8 Å². The molecule has 25 heavy (non-hydrogen) atoms. The van der Waals surface area contributed by atoms with E-state index in [4.69, 9.17) is 4.74 Å². The summed E-state index contributed by atoms with van der Waals surface area (Å²) in [7, 11) is 0. The molecule has 0 radical (unpaired) electrons. The largest absolute Gasteiger partial charge is 0.573 e. The maximum absolute atomic E-state index is 12.1. The maximum Gasteiger partial charge on any atom is 0.573 e. The third kappa shape index (κ3) is 4.65. The van der Waals surface area contributed by atoms with Gasteiger partial charge in [-0.1, -0.05) is 18.2 Å². The van der Waals surface area contributed by atoms with E-state index in [9.17, 15) is 18.0 Å². The highest BCUT2D eigenvalue weighted by Crippen LogP contribution is 2.26. The van der Waals surface area contributed by atoms with Gasteiger partial charge >= 0.3 is 6.36 Å². The molecule has 4 nitrogen and oxygen atoms in total. The van der Waals surface area contributed by atoms with Crippen LogP contribution in [0.5, 0.6) is 11.5 Å². The van der Waals surface area contributed by atoms with Crippen LogP contribution in [0.25, 0.3) is 0 Å². The predicted octanol–water partition coefficient (Wildman–Crippen LogP) is 3.57. The lowest BCUT2D eigenvalue weighted by Crippen LogP contribution is -2.34. The molecular weight excluding hydrogens is 335 g/mol. The fraction of sp³-hybridized carbons (Fsp3) is 0.278. The second-order valence-corrected chi connectivity index (χ2v) is 5.77. The normalized spacial score (nSPS) is 16.5. The number of carbonyl (C=O) groups is 1. The number of ether oxygens (including phenoxy) is 2. The van der Waals surface area contributed by atoms with Gasteiger partial charge in [-0.05, 0) is 42.3 Å². The number of hydrogen-bond acceptors (Lipinski definition) is 3. The highest BCUT2D eigenvalue weighted by Gasteiger charge is 2.31. The zero-order chi connectivity index (χ0) is 17.9. The maximum atomic E-state index is 12.1. The molecule has 2 aromatic rings. The van der Waals surface area contributed by atoms with Crippen LogP contribution in [0.4, 0.5) is 13.2 Å². The number of nitrogens with one attached hydrogen (secondary N) is 1. The average Bonchev–Trinajstić information content (AvgIpc) is 2.59. The van der Waals surface area contributed by atoms with Gasteiger partial charge in [0.1, 0.15) is 11.5 Å². The molecule has 0 saturated heterocycles. The Bertz CT molecular complexity index is 744. The highest BCUT2D eigenvalue weighted by molar-refractivity contribution is 5.94. The van der Waals surface area contributed by atoms with E-state index in [2.05, 4.69) is 10.1 Å². The molecule has 2 aromatic carbocycles. The summed E-state index contributed by atoms with van der Waals surface area (Å²) in [5.74, 6) is 0.302. The Balaban J connectivity index is 1.53. The van der Waals surface area contributed by atoms with E-state index in [1.54, 1.807) is 0 Å². The number of para-hydroxylation sites is 1. The Kier molecular flexibility index (Phi) is 4.83. The second-order valence-electron chi connectivity index (χ2n) is 5.77. The minimum atomic E-state index is -4.75. The molecule has 1 N–H and O–H groups in total. The molecule has 0 bridgehead atoms. The standard InChI is InChI=1S/C18H16F3NO3/c19-18(20,21)25-15-7-5-13(6-8-15)17(23)22-10-12-9-14-3-1-2-4-16(14)24-11-12/h1-8,12H,9-11H2,(H,22,23). The molecule has 132 valence electrons. The molecule has 0 spiro atoms. The number of hydrogen-bond donors (Lipinski definition) is 1. The van der Waals surface area contributed by atoms with Crippen molar-refractivity contribution in [2.24, 2.45) is 5.92 Å². The fourth-order valence-corrected chi connectivity index (χ4v) is 2.67. The molecule has 1 aliphatic heterocycles. The Morgan fingerprint density at radius 3 is 2.60 bits per heavy atom. The molecule has 3 rings (SSSR count). The van der Waals surface area contributed by atoms with Crippen molar-refractivity contribution in [3.05, 3.63) is 59.7 Å². The topological polar surface area (TPSA) is 47.6 Å². The summed E-state index contributed by atoms with van der Waals surface area (Å²) in [6.45, 7) is 0.934. The second kappa shape index (κ2) is 7.04. The van der Waals surface area contributed by atoms with E-state index in [1.165, 1.54) is 12.1 Å². The Labute approximate surface area is 142 Å². The van der Waals surface area contributed by atoms with Gasteiger partial charge in [-0.25, -0.2) is 0 Å². The first-order valence-corrected chi connectivity index (χ1v) is 7.75. The summed E-state index contributed by atoms with van der Waals surface area (Å²) in [5.41, 5.74) is 1.37. The lowest BCUT2D eigenvalue weighted by molar-refractivity contribution is -0.274. The van der Waals surface area contributed by atoms with Crippen LogP contribution >= 0.6 is 0 Å². The molecular formula is C18H16F3NO3. The van der Waals surface area contributed by atoms with Crippen molar-refractivity contribution in [1.29, 1.82) is 0 Å². The molecule has 1 amide bonds. The summed E-state index contributed by atoms with van der Waals surface area (Å²) in [6.07, 6.45) is -3.95. The monoisotopic (exact) mass is 351 g/mol. The fourth-order valence-electron chi connectivity index (χ4n) is 2.67. The Morgan fingerprint density at radius 1 is 1.16 bits per heavy atom. The van der Waals surface area contributed by atoms with Crippen molar-refractivity contribution in [3.8, 4) is 11.5 Å². The van der Waals surface area contributed by atoms with E-state index in [0.717, 1.165) is 29.9 Å². The van der Waals surface area contributed by atoms with Crippen molar-refractivity contribution < 1.29 is 27.4 Å². The molecule has 0 aliphatic carbocycles. The van der Waals surface area contributed by atoms with Gasteiger partial charge in [0.05, 0.1) is 6.61 Å². The van der Waals surface area contributed by atoms with Crippen LogP contribution in [-0.2, 0) is 6.42 Å². The molecule has 0 saturated carbocycles. The van der Waals surface area contributed by atoms with Gasteiger partial charge in [-0.3, -0.25) is 4.79 Å². The molecule has 1 atom stereocenters. The lowest BCUT2D eigenvalue weighted by Gasteiger charge is -2.25. The van der Waals surface area contributed by atoms with Gasteiger partial charge < -0.3 is 14.8 Å². The summed E-state index contributed by atoms with van der Waals surface area (Å²) < 4.78 is 45.8. The number of amides is 1. The zero-order valence-electron chi connectivity index (χ0n) is 13.2. The minimum Gasteiger partial charge on any atom is -0.493 e. The molecule has 0 fully saturated rings. The molecule has 1 aliphatic rings. The van der Waals surface area contributed by atoms with Crippen LogP contribution in [0.2, 0.25) is 0 Å². The lowest BCUT2D eigenvalue weighted by atomic mass is 9.96. The summed E-state index contributed by atoms with van der Waals surface area (Å²) in [6, 6.07) is 12.6. The number of alkyl halides is 3. The van der Waals surface area contributed by atoms with Crippen LogP contribution in [0, 0.1) is 5.92 Å².